The molecule has 1 N–H and O–H groups in total. The fourth-order valence-corrected chi connectivity index (χ4v) is 2.80. The molecule has 2 fully saturated rings. The van der Waals surface area contributed by atoms with Gasteiger partial charge in [-0.05, 0) is 12.8 Å². The van der Waals surface area contributed by atoms with Crippen LogP contribution >= 0.6 is 11.8 Å². The Labute approximate surface area is 87.5 Å². The van der Waals surface area contributed by atoms with Crippen LogP contribution in [0.5, 0.6) is 0 Å². The van der Waals surface area contributed by atoms with Crippen molar-refractivity contribution in [3.05, 3.63) is 12.2 Å². The van der Waals surface area contributed by atoms with Gasteiger partial charge in [0.1, 0.15) is 6.33 Å². The van der Waals surface area contributed by atoms with Gasteiger partial charge in [0.05, 0.1) is 6.04 Å². The van der Waals surface area contributed by atoms with E-state index >= 15 is 0 Å². The number of nitrogens with zero attached hydrogens (tertiary/aromatic N) is 3. The Hall–Kier alpha value is -0.550. The molecule has 0 bridgehead atoms. The number of thioether (sulfide) groups is 1. The molecule has 0 radical (unpaired) electrons. The monoisotopic (exact) mass is 210 g/mol. The Morgan fingerprint density at radius 2 is 2.43 bits per heavy atom. The Kier molecular flexibility index (Phi) is 2.21. The zero-order valence-corrected chi connectivity index (χ0v) is 8.83. The maximum absolute atomic E-state index is 4.24. The number of nitrogens with one attached hydrogen (secondary N) is 1. The molecule has 1 saturated heterocycles. The molecule has 1 atom stereocenters. The molecule has 1 saturated carbocycles. The molecule has 1 aromatic heterocycles. The SMILES string of the molecule is c1nnc(C2CSCCN2)n1C1CC1. The third kappa shape index (κ3) is 1.54. The molecule has 5 heteroatoms. The van der Waals surface area contributed by atoms with Crippen LogP contribution in [0.25, 0.3) is 0 Å². The number of hydrogen-bond acceptors (Lipinski definition) is 4. The van der Waals surface area contributed by atoms with E-state index in [0.29, 0.717) is 12.1 Å². The van der Waals surface area contributed by atoms with E-state index in [4.69, 9.17) is 0 Å². The second-order valence-corrected chi connectivity index (χ2v) is 5.06. The van der Waals surface area contributed by atoms with Crippen LogP contribution in [0.4, 0.5) is 0 Å². The van der Waals surface area contributed by atoms with Gasteiger partial charge in [-0.25, -0.2) is 0 Å². The molecule has 1 aliphatic carbocycles. The number of rotatable bonds is 2. The first-order valence-corrected chi connectivity index (χ1v) is 6.31. The molecular weight excluding hydrogens is 196 g/mol. The van der Waals surface area contributed by atoms with Crippen molar-refractivity contribution in [1.82, 2.24) is 20.1 Å². The van der Waals surface area contributed by atoms with Gasteiger partial charge in [0, 0.05) is 24.1 Å². The van der Waals surface area contributed by atoms with Crippen LogP contribution in [0.3, 0.4) is 0 Å². The normalized spacial score (nSPS) is 27.9. The van der Waals surface area contributed by atoms with Gasteiger partial charge in [0.25, 0.3) is 0 Å². The summed E-state index contributed by atoms with van der Waals surface area (Å²) in [4.78, 5) is 0. The standard InChI is InChI=1S/C9H14N4S/c1-2-7(1)13-6-11-12-9(13)8-5-14-4-3-10-8/h6-8,10H,1-5H2. The minimum absolute atomic E-state index is 0.414. The smallest absolute Gasteiger partial charge is 0.151 e. The summed E-state index contributed by atoms with van der Waals surface area (Å²) in [5, 5.41) is 11.8. The molecule has 76 valence electrons. The first-order chi connectivity index (χ1) is 6.95. The lowest BCUT2D eigenvalue weighted by Gasteiger charge is -2.22. The van der Waals surface area contributed by atoms with Crippen molar-refractivity contribution in [2.24, 2.45) is 0 Å². The summed E-state index contributed by atoms with van der Waals surface area (Å²) < 4.78 is 2.25. The van der Waals surface area contributed by atoms with Gasteiger partial charge in [-0.2, -0.15) is 11.8 Å². The molecule has 0 aromatic carbocycles. The summed E-state index contributed by atoms with van der Waals surface area (Å²) in [6.07, 6.45) is 4.48. The van der Waals surface area contributed by atoms with Gasteiger partial charge in [-0.15, -0.1) is 10.2 Å². The van der Waals surface area contributed by atoms with Gasteiger partial charge >= 0.3 is 0 Å². The minimum Gasteiger partial charge on any atom is -0.313 e. The van der Waals surface area contributed by atoms with Crippen molar-refractivity contribution < 1.29 is 0 Å². The van der Waals surface area contributed by atoms with Crippen LogP contribution in [-0.2, 0) is 0 Å². The molecule has 2 heterocycles. The Morgan fingerprint density at radius 3 is 3.14 bits per heavy atom. The van der Waals surface area contributed by atoms with E-state index in [0.717, 1.165) is 18.1 Å². The van der Waals surface area contributed by atoms with Gasteiger partial charge in [0.2, 0.25) is 0 Å². The molecule has 1 aliphatic heterocycles. The van der Waals surface area contributed by atoms with Crippen molar-refractivity contribution in [2.75, 3.05) is 18.1 Å². The Morgan fingerprint density at radius 1 is 1.50 bits per heavy atom. The second kappa shape index (κ2) is 3.55. The average Bonchev–Trinajstić information content (AvgIpc) is 2.98. The molecule has 0 amide bonds. The predicted molar refractivity (Wildman–Crippen MR) is 56.4 cm³/mol. The third-order valence-corrected chi connectivity index (χ3v) is 3.84. The van der Waals surface area contributed by atoms with Crippen LogP contribution in [0, 0.1) is 0 Å². The Bertz CT molecular complexity index is 314. The molecular formula is C9H14N4S. The molecule has 3 rings (SSSR count). The van der Waals surface area contributed by atoms with Crippen LogP contribution in [0.2, 0.25) is 0 Å². The molecule has 0 spiro atoms. The quantitative estimate of drug-likeness (QED) is 0.790. The van der Waals surface area contributed by atoms with Crippen molar-refractivity contribution in [3.8, 4) is 0 Å². The van der Waals surface area contributed by atoms with Gasteiger partial charge in [-0.3, -0.25) is 0 Å². The summed E-state index contributed by atoms with van der Waals surface area (Å²) in [6.45, 7) is 1.09. The van der Waals surface area contributed by atoms with E-state index in [1.807, 2.05) is 18.1 Å². The predicted octanol–water partition coefficient (Wildman–Crippen LogP) is 0.990. The highest BCUT2D eigenvalue weighted by Crippen LogP contribution is 2.36. The Balaban J connectivity index is 1.82. The van der Waals surface area contributed by atoms with Crippen molar-refractivity contribution >= 4 is 11.8 Å². The van der Waals surface area contributed by atoms with Crippen molar-refractivity contribution in [3.63, 3.8) is 0 Å². The molecule has 14 heavy (non-hydrogen) atoms. The molecule has 4 nitrogen and oxygen atoms in total. The zero-order chi connectivity index (χ0) is 9.38. The summed E-state index contributed by atoms with van der Waals surface area (Å²) in [5.41, 5.74) is 0. The third-order valence-electron chi connectivity index (χ3n) is 2.77. The van der Waals surface area contributed by atoms with Gasteiger partial charge in [0.15, 0.2) is 5.82 Å². The van der Waals surface area contributed by atoms with E-state index in [-0.39, 0.29) is 0 Å². The van der Waals surface area contributed by atoms with E-state index < -0.39 is 0 Å². The van der Waals surface area contributed by atoms with Crippen molar-refractivity contribution in [1.29, 1.82) is 0 Å². The molecule has 2 aliphatic rings. The average molecular weight is 210 g/mol. The summed E-state index contributed by atoms with van der Waals surface area (Å²) in [5.74, 6) is 3.49. The highest BCUT2D eigenvalue weighted by molar-refractivity contribution is 7.99. The topological polar surface area (TPSA) is 42.7 Å². The van der Waals surface area contributed by atoms with Crippen LogP contribution in [-0.4, -0.2) is 32.8 Å². The first kappa shape index (κ1) is 8.73. The maximum atomic E-state index is 4.24. The lowest BCUT2D eigenvalue weighted by atomic mass is 10.3. The summed E-state index contributed by atoms with van der Waals surface area (Å²) >= 11 is 2.00. The summed E-state index contributed by atoms with van der Waals surface area (Å²) in [7, 11) is 0. The molecule has 1 aromatic rings. The fourth-order valence-electron chi connectivity index (χ4n) is 1.87. The van der Waals surface area contributed by atoms with Crippen LogP contribution < -0.4 is 5.32 Å². The number of aromatic nitrogens is 3. The van der Waals surface area contributed by atoms with Gasteiger partial charge < -0.3 is 9.88 Å². The highest BCUT2D eigenvalue weighted by atomic mass is 32.2. The highest BCUT2D eigenvalue weighted by Gasteiger charge is 2.29. The summed E-state index contributed by atoms with van der Waals surface area (Å²) in [6, 6.07) is 1.10. The number of hydrogen-bond donors (Lipinski definition) is 1. The second-order valence-electron chi connectivity index (χ2n) is 3.91. The first-order valence-electron chi connectivity index (χ1n) is 5.15. The van der Waals surface area contributed by atoms with E-state index in [1.165, 1.54) is 18.6 Å². The van der Waals surface area contributed by atoms with E-state index in [9.17, 15) is 0 Å². The van der Waals surface area contributed by atoms with E-state index in [2.05, 4.69) is 20.1 Å². The van der Waals surface area contributed by atoms with Crippen LogP contribution in [0.1, 0.15) is 30.7 Å². The molecule has 1 unspecified atom stereocenters. The van der Waals surface area contributed by atoms with Crippen LogP contribution in [0.15, 0.2) is 6.33 Å². The lowest BCUT2D eigenvalue weighted by molar-refractivity contribution is 0.526. The fraction of sp³-hybridized carbons (Fsp3) is 0.778. The largest absolute Gasteiger partial charge is 0.313 e. The lowest BCUT2D eigenvalue weighted by Crippen LogP contribution is -2.32. The zero-order valence-electron chi connectivity index (χ0n) is 8.02. The van der Waals surface area contributed by atoms with E-state index in [1.54, 1.807) is 0 Å². The van der Waals surface area contributed by atoms with Gasteiger partial charge in [-0.1, -0.05) is 0 Å². The minimum atomic E-state index is 0.414. The maximum Gasteiger partial charge on any atom is 0.151 e. The van der Waals surface area contributed by atoms with Crippen molar-refractivity contribution in [2.45, 2.75) is 24.9 Å².